The van der Waals surface area contributed by atoms with Crippen molar-refractivity contribution in [3.05, 3.63) is 0 Å². The molecule has 2 heteroatoms. The molecule has 0 aromatic heterocycles. The molecule has 1 saturated heterocycles. The summed E-state index contributed by atoms with van der Waals surface area (Å²) in [4.78, 5) is 2.50. The second kappa shape index (κ2) is 5.05. The van der Waals surface area contributed by atoms with Crippen LogP contribution in [0.1, 0.15) is 53.9 Å². The fraction of sp³-hybridized carbons (Fsp3) is 1.00. The average Bonchev–Trinajstić information content (AvgIpc) is 2.13. The van der Waals surface area contributed by atoms with Gasteiger partial charge in [0.15, 0.2) is 0 Å². The first-order valence-corrected chi connectivity index (χ1v) is 6.63. The van der Waals surface area contributed by atoms with Gasteiger partial charge in [0.1, 0.15) is 0 Å². The highest BCUT2D eigenvalue weighted by Gasteiger charge is 2.28. The van der Waals surface area contributed by atoms with Crippen LogP contribution in [0.25, 0.3) is 0 Å². The van der Waals surface area contributed by atoms with E-state index in [1.54, 1.807) is 0 Å². The number of hydrogen-bond acceptors (Lipinski definition) is 2. The van der Waals surface area contributed by atoms with Gasteiger partial charge in [-0.15, -0.1) is 0 Å². The van der Waals surface area contributed by atoms with E-state index in [2.05, 4.69) is 25.7 Å². The van der Waals surface area contributed by atoms with Gasteiger partial charge in [0.2, 0.25) is 0 Å². The summed E-state index contributed by atoms with van der Waals surface area (Å²) in [5.41, 5.74) is -0.0524. The maximum absolute atomic E-state index is 9.70. The predicted octanol–water partition coefficient (Wildman–Crippen LogP) is 2.91. The van der Waals surface area contributed by atoms with E-state index in [4.69, 9.17) is 0 Å². The van der Waals surface area contributed by atoms with Gasteiger partial charge in [0.25, 0.3) is 0 Å². The Hall–Kier alpha value is -0.0800. The highest BCUT2D eigenvalue weighted by molar-refractivity contribution is 4.81. The smallest absolute Gasteiger partial charge is 0.0603 e. The van der Waals surface area contributed by atoms with Gasteiger partial charge in [-0.3, -0.25) is 0 Å². The molecule has 1 aliphatic rings. The molecule has 1 N–H and O–H groups in total. The van der Waals surface area contributed by atoms with Crippen molar-refractivity contribution in [2.45, 2.75) is 59.5 Å². The zero-order chi connectivity index (χ0) is 12.4. The Labute approximate surface area is 101 Å². The van der Waals surface area contributed by atoms with Gasteiger partial charge in [0, 0.05) is 6.54 Å². The van der Waals surface area contributed by atoms with Crippen LogP contribution < -0.4 is 0 Å². The summed E-state index contributed by atoms with van der Waals surface area (Å²) in [5.74, 6) is 0.867. The minimum atomic E-state index is -0.513. The van der Waals surface area contributed by atoms with Gasteiger partial charge in [-0.05, 0) is 57.5 Å². The van der Waals surface area contributed by atoms with Crippen molar-refractivity contribution < 1.29 is 5.11 Å². The Kier molecular flexibility index (Phi) is 4.42. The van der Waals surface area contributed by atoms with Crippen LogP contribution in [0.4, 0.5) is 0 Å². The van der Waals surface area contributed by atoms with E-state index >= 15 is 0 Å². The minimum absolute atomic E-state index is 0.461. The standard InChI is InChI=1S/C14H29NO/c1-13(2,3)12-6-9-15(10-7-12)11-8-14(4,5)16/h12,16H,6-11H2,1-5H3. The summed E-state index contributed by atoms with van der Waals surface area (Å²) in [6.07, 6.45) is 3.51. The van der Waals surface area contributed by atoms with E-state index in [0.717, 1.165) is 18.9 Å². The summed E-state index contributed by atoms with van der Waals surface area (Å²) in [7, 11) is 0. The highest BCUT2D eigenvalue weighted by atomic mass is 16.3. The van der Waals surface area contributed by atoms with E-state index in [-0.39, 0.29) is 0 Å². The zero-order valence-electron chi connectivity index (χ0n) is 11.7. The molecular weight excluding hydrogens is 198 g/mol. The van der Waals surface area contributed by atoms with Crippen molar-refractivity contribution in [3.63, 3.8) is 0 Å². The molecule has 0 radical (unpaired) electrons. The van der Waals surface area contributed by atoms with Crippen LogP contribution in [0.3, 0.4) is 0 Å². The number of likely N-dealkylation sites (tertiary alicyclic amines) is 1. The minimum Gasteiger partial charge on any atom is -0.390 e. The molecule has 2 nitrogen and oxygen atoms in total. The molecule has 1 fully saturated rings. The molecule has 0 aromatic carbocycles. The summed E-state index contributed by atoms with van der Waals surface area (Å²) < 4.78 is 0. The molecule has 0 aliphatic carbocycles. The summed E-state index contributed by atoms with van der Waals surface area (Å²) in [6, 6.07) is 0. The molecular formula is C14H29NO. The van der Waals surface area contributed by atoms with Crippen LogP contribution in [-0.2, 0) is 0 Å². The summed E-state index contributed by atoms with van der Waals surface area (Å²) in [6.45, 7) is 14.3. The predicted molar refractivity (Wildman–Crippen MR) is 69.5 cm³/mol. The number of hydrogen-bond donors (Lipinski definition) is 1. The second-order valence-electron chi connectivity index (χ2n) is 7.04. The molecule has 1 aliphatic heterocycles. The topological polar surface area (TPSA) is 23.5 Å². The average molecular weight is 227 g/mol. The van der Waals surface area contributed by atoms with Crippen molar-refractivity contribution >= 4 is 0 Å². The number of nitrogens with zero attached hydrogens (tertiary/aromatic N) is 1. The quantitative estimate of drug-likeness (QED) is 0.801. The van der Waals surface area contributed by atoms with Gasteiger partial charge >= 0.3 is 0 Å². The third-order valence-corrected chi connectivity index (χ3v) is 3.85. The van der Waals surface area contributed by atoms with Gasteiger partial charge in [-0.2, -0.15) is 0 Å². The van der Waals surface area contributed by atoms with Gasteiger partial charge < -0.3 is 10.0 Å². The fourth-order valence-corrected chi connectivity index (χ4v) is 2.45. The van der Waals surface area contributed by atoms with Gasteiger partial charge in [-0.25, -0.2) is 0 Å². The Morgan fingerprint density at radius 2 is 1.56 bits per heavy atom. The lowest BCUT2D eigenvalue weighted by atomic mass is 9.75. The van der Waals surface area contributed by atoms with E-state index in [1.165, 1.54) is 25.9 Å². The van der Waals surface area contributed by atoms with Crippen LogP contribution in [0, 0.1) is 11.3 Å². The van der Waals surface area contributed by atoms with Crippen molar-refractivity contribution in [1.82, 2.24) is 4.90 Å². The maximum atomic E-state index is 9.70. The van der Waals surface area contributed by atoms with Crippen LogP contribution in [-0.4, -0.2) is 35.2 Å². The molecule has 1 heterocycles. The summed E-state index contributed by atoms with van der Waals surface area (Å²) >= 11 is 0. The Bertz CT molecular complexity index is 204. The van der Waals surface area contributed by atoms with Crippen molar-refractivity contribution in [1.29, 1.82) is 0 Å². The second-order valence-corrected chi connectivity index (χ2v) is 7.04. The van der Waals surface area contributed by atoms with Crippen molar-refractivity contribution in [2.24, 2.45) is 11.3 Å². The third-order valence-electron chi connectivity index (χ3n) is 3.85. The number of aliphatic hydroxyl groups is 1. The zero-order valence-corrected chi connectivity index (χ0v) is 11.7. The van der Waals surface area contributed by atoms with Gasteiger partial charge in [0.05, 0.1) is 5.60 Å². The Morgan fingerprint density at radius 3 is 1.94 bits per heavy atom. The third kappa shape index (κ3) is 4.84. The molecule has 16 heavy (non-hydrogen) atoms. The number of rotatable bonds is 3. The van der Waals surface area contributed by atoms with Crippen LogP contribution in [0.5, 0.6) is 0 Å². The largest absolute Gasteiger partial charge is 0.390 e. The van der Waals surface area contributed by atoms with E-state index in [0.29, 0.717) is 5.41 Å². The molecule has 96 valence electrons. The lowest BCUT2D eigenvalue weighted by Crippen LogP contribution is -2.40. The Morgan fingerprint density at radius 1 is 1.06 bits per heavy atom. The molecule has 0 aromatic rings. The van der Waals surface area contributed by atoms with Crippen LogP contribution in [0.2, 0.25) is 0 Å². The lowest BCUT2D eigenvalue weighted by molar-refractivity contribution is 0.0451. The lowest BCUT2D eigenvalue weighted by Gasteiger charge is -2.39. The fourth-order valence-electron chi connectivity index (χ4n) is 2.45. The molecule has 0 amide bonds. The Balaban J connectivity index is 2.28. The maximum Gasteiger partial charge on any atom is 0.0603 e. The molecule has 0 bridgehead atoms. The first-order chi connectivity index (χ1) is 7.18. The highest BCUT2D eigenvalue weighted by Crippen LogP contribution is 2.34. The van der Waals surface area contributed by atoms with Crippen molar-refractivity contribution in [2.75, 3.05) is 19.6 Å². The van der Waals surface area contributed by atoms with E-state index in [1.807, 2.05) is 13.8 Å². The number of piperidine rings is 1. The molecule has 0 saturated carbocycles. The summed E-state index contributed by atoms with van der Waals surface area (Å²) in [5, 5.41) is 9.70. The van der Waals surface area contributed by atoms with Gasteiger partial charge in [-0.1, -0.05) is 20.8 Å². The molecule has 1 rings (SSSR count). The first kappa shape index (κ1) is 14.0. The van der Waals surface area contributed by atoms with Crippen LogP contribution in [0.15, 0.2) is 0 Å². The molecule has 0 atom stereocenters. The SMILES string of the molecule is CC(C)(O)CCN1CCC(C(C)(C)C)CC1. The van der Waals surface area contributed by atoms with Crippen molar-refractivity contribution in [3.8, 4) is 0 Å². The van der Waals surface area contributed by atoms with E-state index < -0.39 is 5.60 Å². The molecule has 0 unspecified atom stereocenters. The first-order valence-electron chi connectivity index (χ1n) is 6.63. The molecule has 0 spiro atoms. The normalized spacial score (nSPS) is 21.4. The monoisotopic (exact) mass is 227 g/mol. The van der Waals surface area contributed by atoms with Crippen LogP contribution >= 0.6 is 0 Å². The van der Waals surface area contributed by atoms with E-state index in [9.17, 15) is 5.11 Å².